The van der Waals surface area contributed by atoms with Crippen LogP contribution in [0.15, 0.2) is 12.4 Å². The van der Waals surface area contributed by atoms with Crippen LogP contribution in [0.5, 0.6) is 5.88 Å². The first-order valence-corrected chi connectivity index (χ1v) is 8.33. The number of amides is 2. The van der Waals surface area contributed by atoms with Gasteiger partial charge in [0.05, 0.1) is 11.7 Å². The van der Waals surface area contributed by atoms with Gasteiger partial charge < -0.3 is 15.4 Å². The van der Waals surface area contributed by atoms with Crippen molar-refractivity contribution in [2.75, 3.05) is 6.61 Å². The number of ether oxygens (including phenoxy) is 1. The number of carbonyl (C=O) groups is 1. The van der Waals surface area contributed by atoms with Crippen molar-refractivity contribution < 1.29 is 22.7 Å². The number of halogens is 3. The quantitative estimate of drug-likeness (QED) is 0.848. The second kappa shape index (κ2) is 6.68. The fourth-order valence-corrected chi connectivity index (χ4v) is 3.50. The molecule has 1 atom stereocenters. The molecule has 1 heterocycles. The third-order valence-electron chi connectivity index (χ3n) is 4.95. The van der Waals surface area contributed by atoms with E-state index in [9.17, 15) is 18.0 Å². The molecular formula is C16H21F3N4O2. The Labute approximate surface area is 143 Å². The highest BCUT2D eigenvalue weighted by molar-refractivity contribution is 5.74. The summed E-state index contributed by atoms with van der Waals surface area (Å²) in [6.07, 6.45) is 2.52. The van der Waals surface area contributed by atoms with Crippen LogP contribution in [0.4, 0.5) is 18.0 Å². The Balaban J connectivity index is 1.47. The van der Waals surface area contributed by atoms with Crippen LogP contribution >= 0.6 is 0 Å². The summed E-state index contributed by atoms with van der Waals surface area (Å²) >= 11 is 0. The highest BCUT2D eigenvalue weighted by atomic mass is 19.4. The molecule has 2 amide bonds. The fourth-order valence-electron chi connectivity index (χ4n) is 3.50. The van der Waals surface area contributed by atoms with Crippen LogP contribution in [0.1, 0.15) is 50.8 Å². The molecule has 2 aliphatic rings. The van der Waals surface area contributed by atoms with E-state index in [1.165, 1.54) is 25.3 Å². The summed E-state index contributed by atoms with van der Waals surface area (Å²) in [4.78, 5) is 19.7. The van der Waals surface area contributed by atoms with E-state index in [0.29, 0.717) is 11.1 Å². The summed E-state index contributed by atoms with van der Waals surface area (Å²) in [6.45, 7) is 0.277. The van der Waals surface area contributed by atoms with Gasteiger partial charge in [0.2, 0.25) is 5.88 Å². The Kier molecular flexibility index (Phi) is 4.75. The maximum atomic E-state index is 12.2. The molecule has 9 heteroatoms. The zero-order valence-corrected chi connectivity index (χ0v) is 13.9. The largest absolute Gasteiger partial charge is 0.468 e. The number of nitrogens with zero attached hydrogens (tertiary/aromatic N) is 2. The summed E-state index contributed by atoms with van der Waals surface area (Å²) in [5.74, 6) is -0.178. The van der Waals surface area contributed by atoms with E-state index >= 15 is 0 Å². The molecule has 0 saturated heterocycles. The Bertz CT molecular complexity index is 626. The van der Waals surface area contributed by atoms with Gasteiger partial charge in [0.25, 0.3) is 0 Å². The Morgan fingerprint density at radius 2 is 2.12 bits per heavy atom. The van der Waals surface area contributed by atoms with Crippen molar-refractivity contribution in [1.82, 2.24) is 20.6 Å². The van der Waals surface area contributed by atoms with Gasteiger partial charge in [-0.3, -0.25) is 0 Å². The van der Waals surface area contributed by atoms with Crippen molar-refractivity contribution in [2.45, 2.75) is 57.3 Å². The maximum absolute atomic E-state index is 12.2. The molecule has 1 spiro atoms. The van der Waals surface area contributed by atoms with Crippen molar-refractivity contribution in [3.05, 3.63) is 18.1 Å². The fraction of sp³-hybridized carbons (Fsp3) is 0.688. The summed E-state index contributed by atoms with van der Waals surface area (Å²) in [6, 6.07) is 0.712. The van der Waals surface area contributed by atoms with Crippen LogP contribution in [-0.2, 0) is 0 Å². The highest BCUT2D eigenvalue weighted by Gasteiger charge is 2.48. The lowest BCUT2D eigenvalue weighted by molar-refractivity contribution is -0.154. The molecule has 0 unspecified atom stereocenters. The van der Waals surface area contributed by atoms with Crippen molar-refractivity contribution >= 4 is 6.03 Å². The highest BCUT2D eigenvalue weighted by Crippen LogP contribution is 2.55. The van der Waals surface area contributed by atoms with Crippen molar-refractivity contribution in [2.24, 2.45) is 5.41 Å². The van der Waals surface area contributed by atoms with Crippen LogP contribution in [0, 0.1) is 5.41 Å². The minimum atomic E-state index is -4.44. The second-order valence-electron chi connectivity index (χ2n) is 6.98. The van der Waals surface area contributed by atoms with Crippen molar-refractivity contribution in [3.8, 4) is 5.88 Å². The minimum Gasteiger partial charge on any atom is -0.468 e. The molecule has 138 valence electrons. The van der Waals surface area contributed by atoms with Crippen molar-refractivity contribution in [3.63, 3.8) is 0 Å². The van der Waals surface area contributed by atoms with E-state index in [-0.39, 0.29) is 18.0 Å². The van der Waals surface area contributed by atoms with Gasteiger partial charge in [-0.25, -0.2) is 14.8 Å². The minimum absolute atomic E-state index is 0.178. The molecular weight excluding hydrogens is 337 g/mol. The van der Waals surface area contributed by atoms with Crippen LogP contribution in [-0.4, -0.2) is 34.8 Å². The second-order valence-corrected chi connectivity index (χ2v) is 6.98. The van der Waals surface area contributed by atoms with E-state index in [2.05, 4.69) is 25.3 Å². The average Bonchev–Trinajstić information content (AvgIpc) is 2.46. The lowest BCUT2D eigenvalue weighted by Gasteiger charge is -2.54. The summed E-state index contributed by atoms with van der Waals surface area (Å²) in [5, 5.41) is 5.67. The van der Waals surface area contributed by atoms with Crippen LogP contribution < -0.4 is 15.4 Å². The molecule has 0 radical (unpaired) electrons. The monoisotopic (exact) mass is 358 g/mol. The Morgan fingerprint density at radius 3 is 2.72 bits per heavy atom. The number of alkyl halides is 3. The van der Waals surface area contributed by atoms with Gasteiger partial charge in [0.1, 0.15) is 6.33 Å². The summed E-state index contributed by atoms with van der Waals surface area (Å²) < 4.78 is 41.1. The SMILES string of the molecule is C[C@H](NC(=O)NC1CC2(CCC2)C1)c1cc(OCC(F)(F)F)ncn1. The first-order chi connectivity index (χ1) is 11.7. The Hall–Kier alpha value is -2.06. The number of hydrogen-bond acceptors (Lipinski definition) is 4. The van der Waals surface area contributed by atoms with E-state index in [1.807, 2.05) is 0 Å². The lowest BCUT2D eigenvalue weighted by atomic mass is 9.54. The summed E-state index contributed by atoms with van der Waals surface area (Å²) in [7, 11) is 0. The van der Waals surface area contributed by atoms with E-state index < -0.39 is 18.8 Å². The molecule has 3 rings (SSSR count). The molecule has 6 nitrogen and oxygen atoms in total. The number of aromatic nitrogens is 2. The maximum Gasteiger partial charge on any atom is 0.422 e. The molecule has 1 aromatic heterocycles. The molecule has 0 aliphatic heterocycles. The molecule has 2 saturated carbocycles. The van der Waals surface area contributed by atoms with E-state index in [1.54, 1.807) is 6.92 Å². The van der Waals surface area contributed by atoms with Gasteiger partial charge in [-0.05, 0) is 38.0 Å². The molecule has 0 bridgehead atoms. The van der Waals surface area contributed by atoms with Gasteiger partial charge in [0, 0.05) is 12.1 Å². The molecule has 0 aromatic carbocycles. The van der Waals surface area contributed by atoms with Gasteiger partial charge in [-0.2, -0.15) is 13.2 Å². The van der Waals surface area contributed by atoms with Crippen LogP contribution in [0.2, 0.25) is 0 Å². The van der Waals surface area contributed by atoms with E-state index in [4.69, 9.17) is 0 Å². The number of nitrogens with one attached hydrogen (secondary N) is 2. The zero-order valence-electron chi connectivity index (χ0n) is 13.9. The third-order valence-corrected chi connectivity index (χ3v) is 4.95. The zero-order chi connectivity index (χ0) is 18.1. The number of hydrogen-bond donors (Lipinski definition) is 2. The number of rotatable bonds is 5. The van der Waals surface area contributed by atoms with Crippen LogP contribution in [0.3, 0.4) is 0 Å². The number of urea groups is 1. The van der Waals surface area contributed by atoms with Crippen LogP contribution in [0.25, 0.3) is 0 Å². The van der Waals surface area contributed by atoms with Gasteiger partial charge in [0.15, 0.2) is 6.61 Å². The van der Waals surface area contributed by atoms with Gasteiger partial charge in [-0.15, -0.1) is 0 Å². The molecule has 25 heavy (non-hydrogen) atoms. The first kappa shape index (κ1) is 17.8. The molecule has 1 aromatic rings. The topological polar surface area (TPSA) is 76.1 Å². The first-order valence-electron chi connectivity index (χ1n) is 8.33. The predicted octanol–water partition coefficient (Wildman–Crippen LogP) is 3.11. The normalized spacial score (nSPS) is 20.3. The summed E-state index contributed by atoms with van der Waals surface area (Å²) in [5.41, 5.74) is 0.854. The average molecular weight is 358 g/mol. The standard InChI is InChI=1S/C16H21F3N4O2/c1-10(12-5-13(21-9-20-12)25-8-16(17,18)19)22-14(24)23-11-6-15(7-11)3-2-4-15/h5,9-11H,2-4,6-8H2,1H3,(H2,22,23,24)/t10-/m0/s1. The molecule has 2 aliphatic carbocycles. The van der Waals surface area contributed by atoms with Gasteiger partial charge >= 0.3 is 12.2 Å². The Morgan fingerprint density at radius 1 is 1.40 bits per heavy atom. The van der Waals surface area contributed by atoms with E-state index in [0.717, 1.165) is 19.2 Å². The van der Waals surface area contributed by atoms with Crippen molar-refractivity contribution in [1.29, 1.82) is 0 Å². The van der Waals surface area contributed by atoms with Gasteiger partial charge in [-0.1, -0.05) is 6.42 Å². The molecule has 2 fully saturated rings. The lowest BCUT2D eigenvalue weighted by Crippen LogP contribution is -2.55. The predicted molar refractivity (Wildman–Crippen MR) is 83.0 cm³/mol. The third kappa shape index (κ3) is 4.52. The number of carbonyl (C=O) groups excluding carboxylic acids is 1. The molecule has 2 N–H and O–H groups in total. The smallest absolute Gasteiger partial charge is 0.422 e.